The molecule has 0 saturated heterocycles. The Kier molecular flexibility index (Phi) is 5.58. The van der Waals surface area contributed by atoms with Gasteiger partial charge >= 0.3 is 5.97 Å². The minimum Gasteiger partial charge on any atom is -0.478 e. The highest BCUT2D eigenvalue weighted by Gasteiger charge is 2.15. The lowest BCUT2D eigenvalue weighted by atomic mass is 10.1. The van der Waals surface area contributed by atoms with Crippen LogP contribution in [0.25, 0.3) is 0 Å². The summed E-state index contributed by atoms with van der Waals surface area (Å²) >= 11 is 1.73. The van der Waals surface area contributed by atoms with Gasteiger partial charge in [-0.25, -0.2) is 4.79 Å². The molecule has 3 rings (SSSR count). The monoisotopic (exact) mass is 352 g/mol. The van der Waals surface area contributed by atoms with Crippen LogP contribution < -0.4 is 0 Å². The van der Waals surface area contributed by atoms with Crippen molar-refractivity contribution in [1.82, 2.24) is 9.88 Å². The third-order valence-corrected chi connectivity index (χ3v) is 5.10. The highest BCUT2D eigenvalue weighted by molar-refractivity contribution is 7.10. The number of aryl methyl sites for hydroxylation is 1. The van der Waals surface area contributed by atoms with Crippen molar-refractivity contribution in [1.29, 1.82) is 0 Å². The van der Waals surface area contributed by atoms with Crippen LogP contribution in [0.3, 0.4) is 0 Å². The summed E-state index contributed by atoms with van der Waals surface area (Å²) in [4.78, 5) is 19.5. The van der Waals surface area contributed by atoms with Gasteiger partial charge in [-0.3, -0.25) is 9.88 Å². The van der Waals surface area contributed by atoms with Gasteiger partial charge in [-0.2, -0.15) is 0 Å². The second-order valence-corrected chi connectivity index (χ2v) is 6.96. The molecule has 2 aromatic heterocycles. The molecule has 1 N–H and O–H groups in total. The number of carbonyl (C=O) groups is 1. The number of thiophene rings is 1. The molecule has 0 amide bonds. The lowest BCUT2D eigenvalue weighted by Gasteiger charge is -2.23. The van der Waals surface area contributed by atoms with Crippen LogP contribution in [-0.4, -0.2) is 21.0 Å². The summed E-state index contributed by atoms with van der Waals surface area (Å²) in [6, 6.07) is 15.2. The summed E-state index contributed by atoms with van der Waals surface area (Å²) in [6.45, 7) is 4.12. The molecule has 0 aliphatic rings. The number of carboxylic acid groups (broad SMARTS) is 1. The first-order valence-electron chi connectivity index (χ1n) is 8.10. The van der Waals surface area contributed by atoms with Crippen molar-refractivity contribution in [3.63, 3.8) is 0 Å². The van der Waals surface area contributed by atoms with Gasteiger partial charge in [-0.05, 0) is 47.7 Å². The van der Waals surface area contributed by atoms with Gasteiger partial charge in [-0.15, -0.1) is 11.3 Å². The van der Waals surface area contributed by atoms with Gasteiger partial charge in [0, 0.05) is 30.7 Å². The number of aromatic carboxylic acids is 1. The molecule has 5 heteroatoms. The van der Waals surface area contributed by atoms with E-state index in [1.807, 2.05) is 30.3 Å². The number of hydrogen-bond donors (Lipinski definition) is 1. The van der Waals surface area contributed by atoms with Crippen LogP contribution in [-0.2, 0) is 19.6 Å². The number of hydrogen-bond acceptors (Lipinski definition) is 4. The van der Waals surface area contributed by atoms with E-state index >= 15 is 0 Å². The molecule has 0 bridgehead atoms. The lowest BCUT2D eigenvalue weighted by molar-refractivity contribution is 0.0694. The number of rotatable bonds is 7. The fourth-order valence-corrected chi connectivity index (χ4v) is 3.71. The summed E-state index contributed by atoms with van der Waals surface area (Å²) in [5.74, 6) is -0.888. The number of benzene rings is 1. The Bertz CT molecular complexity index is 846. The molecule has 0 radical (unpaired) electrons. The fourth-order valence-electron chi connectivity index (χ4n) is 2.77. The van der Waals surface area contributed by atoms with Crippen LogP contribution in [0.5, 0.6) is 0 Å². The van der Waals surface area contributed by atoms with Crippen molar-refractivity contribution >= 4 is 17.3 Å². The number of carboxylic acids is 1. The van der Waals surface area contributed by atoms with Gasteiger partial charge in [0.15, 0.2) is 0 Å². The summed E-state index contributed by atoms with van der Waals surface area (Å²) in [6.07, 6.45) is 1.79. The molecule has 0 saturated carbocycles. The first-order chi connectivity index (χ1) is 12.1. The molecule has 0 aliphatic heterocycles. The van der Waals surface area contributed by atoms with E-state index in [2.05, 4.69) is 28.3 Å². The van der Waals surface area contributed by atoms with E-state index in [-0.39, 0.29) is 0 Å². The van der Waals surface area contributed by atoms with E-state index in [4.69, 9.17) is 0 Å². The molecule has 128 valence electrons. The highest BCUT2D eigenvalue weighted by atomic mass is 32.1. The molecule has 0 unspecified atom stereocenters. The molecular weight excluding hydrogens is 332 g/mol. The van der Waals surface area contributed by atoms with Crippen LogP contribution in [0, 0.1) is 6.92 Å². The first kappa shape index (κ1) is 17.3. The lowest BCUT2D eigenvalue weighted by Crippen LogP contribution is -2.24. The molecule has 0 fully saturated rings. The van der Waals surface area contributed by atoms with E-state index in [9.17, 15) is 9.90 Å². The second kappa shape index (κ2) is 8.05. The average molecular weight is 352 g/mol. The molecule has 0 spiro atoms. The number of pyridine rings is 1. The van der Waals surface area contributed by atoms with E-state index < -0.39 is 5.97 Å². The van der Waals surface area contributed by atoms with Crippen molar-refractivity contribution in [2.75, 3.05) is 0 Å². The molecule has 4 nitrogen and oxygen atoms in total. The predicted molar refractivity (Wildman–Crippen MR) is 99.6 cm³/mol. The van der Waals surface area contributed by atoms with Gasteiger partial charge in [0.1, 0.15) is 0 Å². The van der Waals surface area contributed by atoms with E-state index in [0.717, 1.165) is 17.8 Å². The van der Waals surface area contributed by atoms with E-state index in [1.165, 1.54) is 10.4 Å². The Labute approximate surface area is 151 Å². The van der Waals surface area contributed by atoms with Crippen molar-refractivity contribution < 1.29 is 9.90 Å². The summed E-state index contributed by atoms with van der Waals surface area (Å²) in [5, 5.41) is 11.5. The first-order valence-corrected chi connectivity index (χ1v) is 8.98. The number of nitrogens with zero attached hydrogens (tertiary/aromatic N) is 2. The summed E-state index contributed by atoms with van der Waals surface area (Å²) < 4.78 is 0. The van der Waals surface area contributed by atoms with E-state index in [1.54, 1.807) is 29.7 Å². The third-order valence-electron chi connectivity index (χ3n) is 4.09. The number of aromatic nitrogens is 1. The van der Waals surface area contributed by atoms with Crippen molar-refractivity contribution in [3.05, 3.63) is 87.4 Å². The fraction of sp³-hybridized carbons (Fsp3) is 0.200. The van der Waals surface area contributed by atoms with E-state index in [0.29, 0.717) is 18.7 Å². The van der Waals surface area contributed by atoms with Crippen molar-refractivity contribution in [3.8, 4) is 0 Å². The van der Waals surface area contributed by atoms with Gasteiger partial charge < -0.3 is 5.11 Å². The topological polar surface area (TPSA) is 53.4 Å². The maximum atomic E-state index is 11.5. The SMILES string of the molecule is Cc1ccsc1CN(Cc1ccccn1)Cc1ccccc1C(=O)O. The van der Waals surface area contributed by atoms with Crippen molar-refractivity contribution in [2.24, 2.45) is 0 Å². The highest BCUT2D eigenvalue weighted by Crippen LogP contribution is 2.21. The minimum atomic E-state index is -0.888. The second-order valence-electron chi connectivity index (χ2n) is 5.96. The van der Waals surface area contributed by atoms with Crippen LogP contribution in [0.4, 0.5) is 0 Å². The zero-order valence-electron chi connectivity index (χ0n) is 14.1. The predicted octanol–water partition coefficient (Wildman–Crippen LogP) is 4.35. The van der Waals surface area contributed by atoms with Crippen LogP contribution in [0.2, 0.25) is 0 Å². The van der Waals surface area contributed by atoms with Gasteiger partial charge in [0.2, 0.25) is 0 Å². The molecule has 0 aliphatic carbocycles. The molecule has 3 aromatic rings. The Morgan fingerprint density at radius 2 is 1.88 bits per heavy atom. The van der Waals surface area contributed by atoms with Crippen LogP contribution in [0.1, 0.15) is 32.1 Å². The quantitative estimate of drug-likeness (QED) is 0.687. The molecule has 0 atom stereocenters. The summed E-state index contributed by atoms with van der Waals surface area (Å²) in [5.41, 5.74) is 3.42. The van der Waals surface area contributed by atoms with Gasteiger partial charge in [0.05, 0.1) is 11.3 Å². The van der Waals surface area contributed by atoms with Crippen LogP contribution in [0.15, 0.2) is 60.1 Å². The van der Waals surface area contributed by atoms with Gasteiger partial charge in [-0.1, -0.05) is 24.3 Å². The third kappa shape index (κ3) is 4.53. The average Bonchev–Trinajstić information content (AvgIpc) is 3.01. The maximum Gasteiger partial charge on any atom is 0.336 e. The Balaban J connectivity index is 1.86. The Morgan fingerprint density at radius 3 is 2.56 bits per heavy atom. The molecule has 25 heavy (non-hydrogen) atoms. The Hall–Kier alpha value is -2.50. The zero-order valence-corrected chi connectivity index (χ0v) is 14.9. The Morgan fingerprint density at radius 1 is 1.08 bits per heavy atom. The molecule has 2 heterocycles. The minimum absolute atomic E-state index is 0.358. The van der Waals surface area contributed by atoms with Crippen LogP contribution >= 0.6 is 11.3 Å². The molecule has 1 aromatic carbocycles. The zero-order chi connectivity index (χ0) is 17.6. The standard InChI is InChI=1S/C20H20N2O2S/c1-15-9-11-25-19(15)14-22(13-17-7-4-5-10-21-17)12-16-6-2-3-8-18(16)20(23)24/h2-11H,12-14H2,1H3,(H,23,24). The van der Waals surface area contributed by atoms with Crippen molar-refractivity contribution in [2.45, 2.75) is 26.6 Å². The largest absolute Gasteiger partial charge is 0.478 e. The van der Waals surface area contributed by atoms with Gasteiger partial charge in [0.25, 0.3) is 0 Å². The normalized spacial score (nSPS) is 11.0. The smallest absolute Gasteiger partial charge is 0.336 e. The summed E-state index contributed by atoms with van der Waals surface area (Å²) in [7, 11) is 0. The molecular formula is C20H20N2O2S. The maximum absolute atomic E-state index is 11.5.